The quantitative estimate of drug-likeness (QED) is 0.868. The zero-order valence-corrected chi connectivity index (χ0v) is 10.2. The summed E-state index contributed by atoms with van der Waals surface area (Å²) in [5, 5.41) is 9.47. The minimum atomic E-state index is -0.673. The van der Waals surface area contributed by atoms with Gasteiger partial charge in [-0.2, -0.15) is 0 Å². The smallest absolute Gasteiger partial charge is 0.324 e. The Kier molecular flexibility index (Phi) is 3.48. The average Bonchev–Trinajstić information content (AvgIpc) is 2.80. The van der Waals surface area contributed by atoms with Gasteiger partial charge in [-0.25, -0.2) is 0 Å². The SMILES string of the molecule is CN(Cc1ccccc1)C1(C(=O)O)CCCC1. The van der Waals surface area contributed by atoms with E-state index in [2.05, 4.69) is 0 Å². The van der Waals surface area contributed by atoms with Crippen LogP contribution in [0.5, 0.6) is 0 Å². The minimum absolute atomic E-state index is 0.643. The van der Waals surface area contributed by atoms with Gasteiger partial charge in [0.2, 0.25) is 0 Å². The normalized spacial score (nSPS) is 18.5. The second kappa shape index (κ2) is 4.88. The second-order valence-corrected chi connectivity index (χ2v) is 4.89. The molecule has 3 heteroatoms. The lowest BCUT2D eigenvalue weighted by Gasteiger charge is -2.34. The molecule has 1 saturated carbocycles. The summed E-state index contributed by atoms with van der Waals surface area (Å²) < 4.78 is 0. The van der Waals surface area contributed by atoms with Crippen molar-refractivity contribution in [2.24, 2.45) is 0 Å². The van der Waals surface area contributed by atoms with Crippen LogP contribution in [0.1, 0.15) is 31.2 Å². The van der Waals surface area contributed by atoms with E-state index in [9.17, 15) is 9.90 Å². The summed E-state index contributed by atoms with van der Waals surface area (Å²) in [6.07, 6.45) is 3.58. The Morgan fingerprint density at radius 2 is 1.88 bits per heavy atom. The fraction of sp³-hybridized carbons (Fsp3) is 0.500. The lowest BCUT2D eigenvalue weighted by atomic mass is 9.95. The summed E-state index contributed by atoms with van der Waals surface area (Å²) in [5.74, 6) is -0.673. The molecule has 0 aromatic heterocycles. The first kappa shape index (κ1) is 12.1. The first-order valence-corrected chi connectivity index (χ1v) is 6.14. The molecule has 3 nitrogen and oxygen atoms in total. The molecule has 17 heavy (non-hydrogen) atoms. The lowest BCUT2D eigenvalue weighted by Crippen LogP contribution is -2.50. The average molecular weight is 233 g/mol. The van der Waals surface area contributed by atoms with E-state index >= 15 is 0 Å². The predicted molar refractivity (Wildman–Crippen MR) is 66.7 cm³/mol. The molecule has 0 bridgehead atoms. The zero-order chi connectivity index (χ0) is 12.3. The van der Waals surface area contributed by atoms with Crippen LogP contribution >= 0.6 is 0 Å². The first-order chi connectivity index (χ1) is 8.15. The van der Waals surface area contributed by atoms with Crippen molar-refractivity contribution >= 4 is 5.97 Å². The van der Waals surface area contributed by atoms with Gasteiger partial charge < -0.3 is 5.11 Å². The van der Waals surface area contributed by atoms with Crippen LogP contribution in [0, 0.1) is 0 Å². The van der Waals surface area contributed by atoms with Crippen molar-refractivity contribution in [3.63, 3.8) is 0 Å². The highest BCUT2D eigenvalue weighted by molar-refractivity contribution is 5.79. The maximum Gasteiger partial charge on any atom is 0.324 e. The van der Waals surface area contributed by atoms with E-state index in [0.29, 0.717) is 6.54 Å². The number of aliphatic carboxylic acids is 1. The van der Waals surface area contributed by atoms with Crippen LogP contribution < -0.4 is 0 Å². The van der Waals surface area contributed by atoms with Gasteiger partial charge in [0.15, 0.2) is 0 Å². The Labute approximate surface area is 102 Å². The molecule has 92 valence electrons. The van der Waals surface area contributed by atoms with Crippen molar-refractivity contribution in [2.75, 3.05) is 7.05 Å². The summed E-state index contributed by atoms with van der Waals surface area (Å²) in [7, 11) is 1.92. The van der Waals surface area contributed by atoms with Crippen LogP contribution in [-0.4, -0.2) is 28.6 Å². The Morgan fingerprint density at radius 1 is 1.29 bits per heavy atom. The summed E-state index contributed by atoms with van der Waals surface area (Å²) >= 11 is 0. The molecule has 0 aliphatic heterocycles. The Balaban J connectivity index is 2.13. The Hall–Kier alpha value is -1.35. The molecule has 0 radical (unpaired) electrons. The number of hydrogen-bond acceptors (Lipinski definition) is 2. The molecule has 0 saturated heterocycles. The fourth-order valence-electron chi connectivity index (χ4n) is 2.73. The predicted octanol–water partition coefficient (Wildman–Crippen LogP) is 2.52. The fourth-order valence-corrected chi connectivity index (χ4v) is 2.73. The van der Waals surface area contributed by atoms with Gasteiger partial charge >= 0.3 is 5.97 Å². The number of likely N-dealkylation sites (N-methyl/N-ethyl adjacent to an activating group) is 1. The standard InChI is InChI=1S/C14H19NO2/c1-15(11-12-7-3-2-4-8-12)14(13(16)17)9-5-6-10-14/h2-4,7-8H,5-6,9-11H2,1H3,(H,16,17). The molecule has 0 amide bonds. The minimum Gasteiger partial charge on any atom is -0.480 e. The van der Waals surface area contributed by atoms with Gasteiger partial charge in [0.1, 0.15) is 5.54 Å². The van der Waals surface area contributed by atoms with Crippen LogP contribution in [0.15, 0.2) is 30.3 Å². The zero-order valence-electron chi connectivity index (χ0n) is 10.2. The van der Waals surface area contributed by atoms with Crippen LogP contribution in [0.2, 0.25) is 0 Å². The molecular weight excluding hydrogens is 214 g/mol. The maximum absolute atomic E-state index is 11.5. The van der Waals surface area contributed by atoms with Crippen LogP contribution in [0.4, 0.5) is 0 Å². The van der Waals surface area contributed by atoms with Crippen molar-refractivity contribution < 1.29 is 9.90 Å². The molecule has 1 aromatic rings. The van der Waals surface area contributed by atoms with Crippen molar-refractivity contribution in [3.05, 3.63) is 35.9 Å². The van der Waals surface area contributed by atoms with Crippen molar-refractivity contribution in [2.45, 2.75) is 37.8 Å². The third-order valence-corrected chi connectivity index (χ3v) is 3.82. The highest BCUT2D eigenvalue weighted by atomic mass is 16.4. The number of carboxylic acids is 1. The van der Waals surface area contributed by atoms with E-state index in [1.165, 1.54) is 5.56 Å². The molecule has 2 rings (SSSR count). The van der Waals surface area contributed by atoms with Crippen LogP contribution in [0.3, 0.4) is 0 Å². The monoisotopic (exact) mass is 233 g/mol. The highest BCUT2D eigenvalue weighted by Crippen LogP contribution is 2.35. The van der Waals surface area contributed by atoms with E-state index in [0.717, 1.165) is 25.7 Å². The van der Waals surface area contributed by atoms with Crippen molar-refractivity contribution in [3.8, 4) is 0 Å². The summed E-state index contributed by atoms with van der Waals surface area (Å²) in [5.41, 5.74) is 0.526. The van der Waals surface area contributed by atoms with Gasteiger partial charge in [-0.3, -0.25) is 9.69 Å². The van der Waals surface area contributed by atoms with E-state index in [1.807, 2.05) is 42.3 Å². The van der Waals surface area contributed by atoms with Gasteiger partial charge in [-0.05, 0) is 25.5 Å². The number of rotatable bonds is 4. The largest absolute Gasteiger partial charge is 0.480 e. The molecule has 1 N–H and O–H groups in total. The summed E-state index contributed by atoms with van der Waals surface area (Å²) in [4.78, 5) is 13.5. The van der Waals surface area contributed by atoms with Gasteiger partial charge in [0, 0.05) is 6.54 Å². The molecule has 0 spiro atoms. The maximum atomic E-state index is 11.5. The van der Waals surface area contributed by atoms with Crippen molar-refractivity contribution in [1.82, 2.24) is 4.90 Å². The van der Waals surface area contributed by atoms with E-state index in [4.69, 9.17) is 0 Å². The molecule has 0 heterocycles. The molecule has 1 aliphatic carbocycles. The molecule has 1 aromatic carbocycles. The summed E-state index contributed by atoms with van der Waals surface area (Å²) in [6.45, 7) is 0.702. The Bertz CT molecular complexity index is 382. The number of hydrogen-bond donors (Lipinski definition) is 1. The summed E-state index contributed by atoms with van der Waals surface area (Å²) in [6, 6.07) is 10.0. The lowest BCUT2D eigenvalue weighted by molar-refractivity contribution is -0.150. The van der Waals surface area contributed by atoms with Gasteiger partial charge in [0.05, 0.1) is 0 Å². The second-order valence-electron chi connectivity index (χ2n) is 4.89. The molecule has 0 unspecified atom stereocenters. The Morgan fingerprint density at radius 3 is 2.41 bits per heavy atom. The van der Waals surface area contributed by atoms with E-state index in [1.54, 1.807) is 0 Å². The molecule has 1 fully saturated rings. The van der Waals surface area contributed by atoms with E-state index < -0.39 is 11.5 Å². The molecular formula is C14H19NO2. The highest BCUT2D eigenvalue weighted by Gasteiger charge is 2.44. The third-order valence-electron chi connectivity index (χ3n) is 3.82. The first-order valence-electron chi connectivity index (χ1n) is 6.14. The third kappa shape index (κ3) is 2.34. The van der Waals surface area contributed by atoms with Gasteiger partial charge in [0.25, 0.3) is 0 Å². The van der Waals surface area contributed by atoms with Crippen LogP contribution in [-0.2, 0) is 11.3 Å². The van der Waals surface area contributed by atoms with Crippen molar-refractivity contribution in [1.29, 1.82) is 0 Å². The molecule has 0 atom stereocenters. The number of carbonyl (C=O) groups is 1. The number of benzene rings is 1. The topological polar surface area (TPSA) is 40.5 Å². The van der Waals surface area contributed by atoms with Gasteiger partial charge in [-0.15, -0.1) is 0 Å². The van der Waals surface area contributed by atoms with Gasteiger partial charge in [-0.1, -0.05) is 43.2 Å². The number of nitrogens with zero attached hydrogens (tertiary/aromatic N) is 1. The molecule has 1 aliphatic rings. The van der Waals surface area contributed by atoms with E-state index in [-0.39, 0.29) is 0 Å². The van der Waals surface area contributed by atoms with Crippen LogP contribution in [0.25, 0.3) is 0 Å². The number of carboxylic acid groups (broad SMARTS) is 1.